The number of carbonyl (C=O) groups excluding carboxylic acids is 7. The fourth-order valence-electron chi connectivity index (χ4n) is 14.9. The van der Waals surface area contributed by atoms with Crippen molar-refractivity contribution in [2.45, 2.75) is 220 Å². The molecule has 0 radical (unpaired) electrons. The summed E-state index contributed by atoms with van der Waals surface area (Å²) >= 11 is 5.59. The third kappa shape index (κ3) is 24.1. The molecule has 494 valence electrons. The Bertz CT molecular complexity index is 2550. The van der Waals surface area contributed by atoms with Gasteiger partial charge in [-0.1, -0.05) is 91.7 Å². The van der Waals surface area contributed by atoms with Crippen LogP contribution in [0.2, 0.25) is 0 Å². The third-order valence-electron chi connectivity index (χ3n) is 20.9. The predicted molar refractivity (Wildman–Crippen MR) is 343 cm³/mol. The van der Waals surface area contributed by atoms with Crippen molar-refractivity contribution in [3.8, 4) is 23.0 Å². The molecule has 0 spiro atoms. The molecular weight excluding hydrogens is 1150 g/mol. The molecule has 0 amide bonds. The van der Waals surface area contributed by atoms with E-state index in [2.05, 4.69) is 33.9 Å². The lowest BCUT2D eigenvalue weighted by Gasteiger charge is -2.37. The highest BCUT2D eigenvalue weighted by atomic mass is 35.5. The van der Waals surface area contributed by atoms with E-state index >= 15 is 0 Å². The first-order valence-electron chi connectivity index (χ1n) is 34.2. The number of ether oxygens (including phenoxy) is 6. The Morgan fingerprint density at radius 3 is 1.13 bits per heavy atom. The van der Waals surface area contributed by atoms with E-state index in [4.69, 9.17) is 45.1 Å². The topological polar surface area (TPSA) is 215 Å². The number of benzene rings is 2. The lowest BCUT2D eigenvalue weighted by atomic mass is 9.69. The van der Waals surface area contributed by atoms with Crippen LogP contribution >= 0.6 is 11.6 Å². The van der Waals surface area contributed by atoms with Crippen molar-refractivity contribution < 1.29 is 72.2 Å². The summed E-state index contributed by atoms with van der Waals surface area (Å²) in [6, 6.07) is 8.22. The molecule has 6 aliphatic carbocycles. The highest BCUT2D eigenvalue weighted by molar-refractivity contribution is 6.64. The van der Waals surface area contributed by atoms with Crippen LogP contribution in [0.1, 0.15) is 241 Å². The van der Waals surface area contributed by atoms with Crippen LogP contribution in [0.5, 0.6) is 23.0 Å². The van der Waals surface area contributed by atoms with Crippen LogP contribution in [-0.4, -0.2) is 77.7 Å². The van der Waals surface area contributed by atoms with Gasteiger partial charge in [-0.25, -0.2) is 19.2 Å². The molecule has 0 saturated heterocycles. The first kappa shape index (κ1) is 72.4. The highest BCUT2D eigenvalue weighted by Crippen LogP contribution is 2.46. The number of halogens is 1. The molecule has 6 saturated carbocycles. The normalized spacial score (nSPS) is 26.8. The van der Waals surface area contributed by atoms with Gasteiger partial charge < -0.3 is 38.6 Å². The molecule has 0 atom stereocenters. The zero-order chi connectivity index (χ0) is 64.1. The molecule has 0 bridgehead atoms. The number of rotatable bonds is 25. The summed E-state index contributed by atoms with van der Waals surface area (Å²) in [6.45, 7) is 14.2. The van der Waals surface area contributed by atoms with Crippen LogP contribution < -0.4 is 9.47 Å². The number of aromatic hydroxyl groups is 2. The summed E-state index contributed by atoms with van der Waals surface area (Å²) < 4.78 is 32.0. The largest absolute Gasteiger partial charge is 0.508 e. The molecule has 8 rings (SSSR count). The van der Waals surface area contributed by atoms with Gasteiger partial charge in [0.25, 0.3) is 0 Å². The smallest absolute Gasteiger partial charge is 0.341 e. The first-order valence-corrected chi connectivity index (χ1v) is 34.6. The number of hydrogen-bond donors (Lipinski definition) is 2. The van der Waals surface area contributed by atoms with Crippen molar-refractivity contribution in [1.82, 2.24) is 0 Å². The Balaban J connectivity index is 0.000000276. The van der Waals surface area contributed by atoms with Crippen molar-refractivity contribution in [3.63, 3.8) is 0 Å². The molecule has 15 nitrogen and oxygen atoms in total. The molecule has 0 heterocycles. The molecule has 0 aliphatic heterocycles. The molecule has 2 aromatic carbocycles. The maximum Gasteiger partial charge on any atom is 0.341 e. The summed E-state index contributed by atoms with van der Waals surface area (Å²) in [5, 5.41) is 18.5. The van der Waals surface area contributed by atoms with Gasteiger partial charge in [-0.3, -0.25) is 14.4 Å². The summed E-state index contributed by atoms with van der Waals surface area (Å²) in [5.41, 5.74) is 0.104. The van der Waals surface area contributed by atoms with E-state index in [-0.39, 0.29) is 95.5 Å². The van der Waals surface area contributed by atoms with E-state index in [1.54, 1.807) is 6.07 Å². The Morgan fingerprint density at radius 1 is 0.438 bits per heavy atom. The molecule has 6 fully saturated rings. The van der Waals surface area contributed by atoms with E-state index in [9.17, 15) is 38.7 Å². The van der Waals surface area contributed by atoms with Crippen LogP contribution in [-0.2, 0) is 42.9 Å². The molecular formula is C73H105ClO15. The van der Waals surface area contributed by atoms with Gasteiger partial charge in [0.05, 0.1) is 38.3 Å². The molecule has 2 N–H and O–H groups in total. The zero-order valence-electron chi connectivity index (χ0n) is 53.8. The number of hydrogen-bond acceptors (Lipinski definition) is 15. The van der Waals surface area contributed by atoms with Gasteiger partial charge in [0.1, 0.15) is 34.1 Å². The minimum atomic E-state index is -0.675. The van der Waals surface area contributed by atoms with E-state index in [0.29, 0.717) is 37.5 Å². The van der Waals surface area contributed by atoms with Gasteiger partial charge in [-0.05, 0) is 230 Å². The fourth-order valence-corrected chi connectivity index (χ4v) is 15.2. The lowest BCUT2D eigenvalue weighted by Crippen LogP contribution is -2.30. The minimum Gasteiger partial charge on any atom is -0.508 e. The SMILES string of the molecule is C=CC(=O)OCCCCOC(=O)c1ccc(O)cc1O.C=CC(=O)OCCCCOC(=O)c1ccc(OC(=O)C2CCC(C3CCC(CC)CC3)CC2)cc1OC(=O)C1CCC(C2CCC(CC)CC2)CC1.CCC1CCC(C2CCC(C(=O)Cl)CC2)CC1. The maximum absolute atomic E-state index is 13.6. The summed E-state index contributed by atoms with van der Waals surface area (Å²) in [7, 11) is 0. The van der Waals surface area contributed by atoms with Crippen molar-refractivity contribution in [3.05, 3.63) is 72.8 Å². The molecule has 2 aromatic rings. The number of esters is 6. The van der Waals surface area contributed by atoms with Crippen LogP contribution in [0.4, 0.5) is 0 Å². The number of unbranched alkanes of at least 4 members (excludes halogenated alkanes) is 2. The van der Waals surface area contributed by atoms with Gasteiger partial charge in [0, 0.05) is 30.2 Å². The second-order valence-corrected chi connectivity index (χ2v) is 26.7. The summed E-state index contributed by atoms with van der Waals surface area (Å²) in [5.74, 6) is 4.25. The lowest BCUT2D eigenvalue weighted by molar-refractivity contribution is -0.141. The van der Waals surface area contributed by atoms with Crippen LogP contribution in [0.25, 0.3) is 0 Å². The second-order valence-electron chi connectivity index (χ2n) is 26.3. The quantitative estimate of drug-likeness (QED) is 0.0236. The molecule has 6 aliphatic rings. The fraction of sp³-hybridized carbons (Fsp3) is 0.685. The van der Waals surface area contributed by atoms with Crippen molar-refractivity contribution in [1.29, 1.82) is 0 Å². The highest BCUT2D eigenvalue weighted by Gasteiger charge is 2.37. The Hall–Kier alpha value is -5.70. The number of carbonyl (C=O) groups is 7. The third-order valence-corrected chi connectivity index (χ3v) is 21.2. The van der Waals surface area contributed by atoms with E-state index in [0.717, 1.165) is 124 Å². The predicted octanol–water partition coefficient (Wildman–Crippen LogP) is 16.7. The van der Waals surface area contributed by atoms with Gasteiger partial charge in [-0.2, -0.15) is 0 Å². The molecule has 16 heteroatoms. The van der Waals surface area contributed by atoms with Crippen LogP contribution in [0.3, 0.4) is 0 Å². The molecule has 0 aromatic heterocycles. The number of phenols is 2. The van der Waals surface area contributed by atoms with Gasteiger partial charge >= 0.3 is 35.8 Å². The van der Waals surface area contributed by atoms with Gasteiger partial charge in [-0.15, -0.1) is 0 Å². The van der Waals surface area contributed by atoms with Crippen LogP contribution in [0, 0.1) is 71.0 Å². The van der Waals surface area contributed by atoms with Crippen molar-refractivity contribution in [2.24, 2.45) is 71.0 Å². The standard InChI is InChI=1S/C44H64O8.C15H25ClO.C14H16O6/c1-4-30-9-13-32(14-10-30)34-17-21-36(22-18-34)42(46)51-38-25-26-39(44(48)50-28-8-7-27-49-41(45)6-3)40(29-38)52-43(47)37-23-19-35(20-24-37)33-15-11-31(5-2)12-16-33;1-2-11-3-5-12(6-4-11)13-7-9-14(10-8-13)15(16)17;1-2-13(17)19-7-3-4-8-20-14(18)11-6-5-10(15)9-12(11)16/h6,25-26,29-37H,3-5,7-24,27-28H2,1-2H3;11-14H,2-10H2,1H3;2,5-6,9,15-16H,1,3-4,7-8H2. The summed E-state index contributed by atoms with van der Waals surface area (Å²) in [4.78, 5) is 84.9. The monoisotopic (exact) mass is 1260 g/mol. The summed E-state index contributed by atoms with van der Waals surface area (Å²) in [6.07, 6.45) is 36.5. The Morgan fingerprint density at radius 2 is 0.775 bits per heavy atom. The Labute approximate surface area is 535 Å². The average Bonchev–Trinajstić information content (AvgIpc) is 3.25. The van der Waals surface area contributed by atoms with E-state index in [1.807, 2.05) is 0 Å². The minimum absolute atomic E-state index is 0.0131. The zero-order valence-corrected chi connectivity index (χ0v) is 54.5. The van der Waals surface area contributed by atoms with Crippen molar-refractivity contribution >= 4 is 52.7 Å². The number of phenolic OH excluding ortho intramolecular Hbond substituents is 2. The van der Waals surface area contributed by atoms with E-state index < -0.39 is 23.9 Å². The average molecular weight is 1260 g/mol. The first-order chi connectivity index (χ1) is 43.0. The second kappa shape index (κ2) is 38.9. The Kier molecular flexibility index (Phi) is 31.6. The van der Waals surface area contributed by atoms with Crippen molar-refractivity contribution in [2.75, 3.05) is 26.4 Å². The van der Waals surface area contributed by atoms with Gasteiger partial charge in [0.15, 0.2) is 0 Å². The maximum atomic E-state index is 13.6. The molecule has 0 unspecified atom stereocenters. The van der Waals surface area contributed by atoms with Gasteiger partial charge in [0.2, 0.25) is 5.24 Å². The van der Waals surface area contributed by atoms with E-state index in [1.165, 1.54) is 133 Å². The molecule has 89 heavy (non-hydrogen) atoms. The van der Waals surface area contributed by atoms with Crippen LogP contribution in [0.15, 0.2) is 61.7 Å².